The van der Waals surface area contributed by atoms with Crippen molar-refractivity contribution in [2.75, 3.05) is 0 Å². The number of amides is 1. The Kier molecular flexibility index (Phi) is 3.69. The minimum atomic E-state index is -1.17. The highest BCUT2D eigenvalue weighted by atomic mass is 16.4. The summed E-state index contributed by atoms with van der Waals surface area (Å²) in [4.78, 5) is 22.4. The fourth-order valence-electron chi connectivity index (χ4n) is 1.83. The molecule has 1 unspecified atom stereocenters. The van der Waals surface area contributed by atoms with Crippen molar-refractivity contribution >= 4 is 11.9 Å². The molecule has 1 heterocycles. The van der Waals surface area contributed by atoms with Crippen LogP contribution >= 0.6 is 0 Å². The Morgan fingerprint density at radius 3 is 2.67 bits per heavy atom. The second-order valence-electron chi connectivity index (χ2n) is 4.86. The summed E-state index contributed by atoms with van der Waals surface area (Å²) in [5, 5.41) is 11.5. The number of rotatable bonds is 6. The first-order chi connectivity index (χ1) is 8.56. The summed E-state index contributed by atoms with van der Waals surface area (Å²) >= 11 is 0. The predicted octanol–water partition coefficient (Wildman–Crippen LogP) is 2.29. The van der Waals surface area contributed by atoms with Gasteiger partial charge >= 0.3 is 5.97 Å². The summed E-state index contributed by atoms with van der Waals surface area (Å²) in [6.45, 7) is 1.95. The van der Waals surface area contributed by atoms with E-state index in [4.69, 9.17) is 9.52 Å². The van der Waals surface area contributed by atoms with Gasteiger partial charge in [-0.25, -0.2) is 4.79 Å². The highest BCUT2D eigenvalue weighted by Gasteiger charge is 2.22. The SMILES string of the molecule is CC(CCC1CC1)NC(=O)c1ccc(C(=O)O)o1. The van der Waals surface area contributed by atoms with Crippen LogP contribution in [0.5, 0.6) is 0 Å². The van der Waals surface area contributed by atoms with E-state index in [1.807, 2.05) is 6.92 Å². The lowest BCUT2D eigenvalue weighted by atomic mass is 10.1. The number of furan rings is 1. The number of carboxylic acid groups (broad SMARTS) is 1. The zero-order valence-electron chi connectivity index (χ0n) is 10.3. The molecule has 0 aromatic carbocycles. The molecule has 1 aliphatic rings. The third-order valence-electron chi connectivity index (χ3n) is 3.12. The molecular weight excluding hydrogens is 234 g/mol. The van der Waals surface area contributed by atoms with Crippen LogP contribution in [0.1, 0.15) is 53.7 Å². The third kappa shape index (κ3) is 3.35. The average molecular weight is 251 g/mol. The maximum absolute atomic E-state index is 11.8. The second-order valence-corrected chi connectivity index (χ2v) is 4.86. The van der Waals surface area contributed by atoms with E-state index in [2.05, 4.69) is 5.32 Å². The molecule has 0 radical (unpaired) electrons. The number of carbonyl (C=O) groups is 2. The monoisotopic (exact) mass is 251 g/mol. The number of carboxylic acids is 1. The normalized spacial score (nSPS) is 16.3. The van der Waals surface area contributed by atoms with E-state index in [1.165, 1.54) is 25.0 Å². The van der Waals surface area contributed by atoms with Gasteiger partial charge in [0.05, 0.1) is 0 Å². The molecule has 0 bridgehead atoms. The Balaban J connectivity index is 1.83. The van der Waals surface area contributed by atoms with Crippen LogP contribution in [0.4, 0.5) is 0 Å². The Morgan fingerprint density at radius 2 is 2.11 bits per heavy atom. The van der Waals surface area contributed by atoms with Crippen molar-refractivity contribution in [1.29, 1.82) is 0 Å². The van der Waals surface area contributed by atoms with Gasteiger partial charge in [0.15, 0.2) is 5.76 Å². The van der Waals surface area contributed by atoms with Gasteiger partial charge in [0.1, 0.15) is 0 Å². The molecule has 1 aromatic rings. The topological polar surface area (TPSA) is 79.5 Å². The van der Waals surface area contributed by atoms with Crippen molar-refractivity contribution in [2.45, 2.75) is 38.6 Å². The number of carbonyl (C=O) groups excluding carboxylic acids is 1. The first-order valence-electron chi connectivity index (χ1n) is 6.20. The maximum Gasteiger partial charge on any atom is 0.371 e. The van der Waals surface area contributed by atoms with E-state index in [1.54, 1.807) is 0 Å². The molecule has 0 aliphatic heterocycles. The van der Waals surface area contributed by atoms with E-state index in [0.29, 0.717) is 0 Å². The lowest BCUT2D eigenvalue weighted by Crippen LogP contribution is -2.32. The van der Waals surface area contributed by atoms with Gasteiger partial charge in [-0.15, -0.1) is 0 Å². The van der Waals surface area contributed by atoms with Crippen LogP contribution in [0.2, 0.25) is 0 Å². The zero-order chi connectivity index (χ0) is 13.1. The largest absolute Gasteiger partial charge is 0.475 e. The first kappa shape index (κ1) is 12.7. The average Bonchev–Trinajstić information content (AvgIpc) is 3.00. The van der Waals surface area contributed by atoms with Crippen LogP contribution in [-0.4, -0.2) is 23.0 Å². The number of hydrogen-bond acceptors (Lipinski definition) is 3. The summed E-state index contributed by atoms with van der Waals surface area (Å²) in [5.74, 6) is -0.857. The van der Waals surface area contributed by atoms with Crippen LogP contribution in [0.25, 0.3) is 0 Å². The van der Waals surface area contributed by atoms with Crippen molar-refractivity contribution < 1.29 is 19.1 Å². The van der Waals surface area contributed by atoms with E-state index in [9.17, 15) is 9.59 Å². The smallest absolute Gasteiger partial charge is 0.371 e. The molecule has 5 heteroatoms. The van der Waals surface area contributed by atoms with E-state index in [-0.39, 0.29) is 23.5 Å². The quantitative estimate of drug-likeness (QED) is 0.812. The van der Waals surface area contributed by atoms with Gasteiger partial charge in [0.25, 0.3) is 5.91 Å². The molecule has 5 nitrogen and oxygen atoms in total. The lowest BCUT2D eigenvalue weighted by molar-refractivity contribution is 0.0659. The molecule has 98 valence electrons. The number of hydrogen-bond donors (Lipinski definition) is 2. The lowest BCUT2D eigenvalue weighted by Gasteiger charge is -2.12. The van der Waals surface area contributed by atoms with E-state index < -0.39 is 5.97 Å². The van der Waals surface area contributed by atoms with Crippen molar-refractivity contribution in [3.63, 3.8) is 0 Å². The Labute approximate surface area is 105 Å². The van der Waals surface area contributed by atoms with Gasteiger partial charge in [-0.2, -0.15) is 0 Å². The molecule has 1 saturated carbocycles. The first-order valence-corrected chi connectivity index (χ1v) is 6.20. The fraction of sp³-hybridized carbons (Fsp3) is 0.538. The molecule has 1 aromatic heterocycles. The van der Waals surface area contributed by atoms with Crippen molar-refractivity contribution in [2.24, 2.45) is 5.92 Å². The van der Waals surface area contributed by atoms with Crippen molar-refractivity contribution in [1.82, 2.24) is 5.32 Å². The van der Waals surface area contributed by atoms with Crippen LogP contribution in [-0.2, 0) is 0 Å². The minimum Gasteiger partial charge on any atom is -0.475 e. The van der Waals surface area contributed by atoms with Crippen LogP contribution in [0.15, 0.2) is 16.5 Å². The molecule has 1 aliphatic carbocycles. The van der Waals surface area contributed by atoms with Crippen LogP contribution in [0, 0.1) is 5.92 Å². The molecule has 18 heavy (non-hydrogen) atoms. The number of nitrogens with one attached hydrogen (secondary N) is 1. The summed E-state index contributed by atoms with van der Waals surface area (Å²) in [5.41, 5.74) is 0. The Hall–Kier alpha value is -1.78. The number of aromatic carboxylic acids is 1. The summed E-state index contributed by atoms with van der Waals surface area (Å²) < 4.78 is 4.93. The standard InChI is InChI=1S/C13H17NO4/c1-8(2-3-9-4-5-9)14-12(15)10-6-7-11(18-10)13(16)17/h6-9H,2-5H2,1H3,(H,14,15)(H,16,17). The maximum atomic E-state index is 11.8. The van der Waals surface area contributed by atoms with Gasteiger partial charge in [-0.1, -0.05) is 12.8 Å². The molecule has 0 saturated heterocycles. The van der Waals surface area contributed by atoms with Gasteiger partial charge in [0.2, 0.25) is 5.76 Å². The molecule has 1 fully saturated rings. The zero-order valence-corrected chi connectivity index (χ0v) is 10.3. The third-order valence-corrected chi connectivity index (χ3v) is 3.12. The van der Waals surface area contributed by atoms with Crippen molar-refractivity contribution in [3.8, 4) is 0 Å². The van der Waals surface area contributed by atoms with Gasteiger partial charge < -0.3 is 14.8 Å². The molecule has 0 spiro atoms. The van der Waals surface area contributed by atoms with Crippen molar-refractivity contribution in [3.05, 3.63) is 23.7 Å². The summed E-state index contributed by atoms with van der Waals surface area (Å²) in [7, 11) is 0. The van der Waals surface area contributed by atoms with E-state index in [0.717, 1.165) is 18.8 Å². The van der Waals surface area contributed by atoms with Crippen LogP contribution < -0.4 is 5.32 Å². The summed E-state index contributed by atoms with van der Waals surface area (Å²) in [6.07, 6.45) is 4.70. The molecule has 1 atom stereocenters. The minimum absolute atomic E-state index is 0.0469. The molecule has 2 rings (SSSR count). The van der Waals surface area contributed by atoms with Gasteiger partial charge in [-0.3, -0.25) is 4.79 Å². The molecular formula is C13H17NO4. The highest BCUT2D eigenvalue weighted by molar-refractivity contribution is 5.93. The molecule has 1 amide bonds. The predicted molar refractivity (Wildman–Crippen MR) is 64.6 cm³/mol. The van der Waals surface area contributed by atoms with Gasteiger partial charge in [-0.05, 0) is 37.8 Å². The molecule has 2 N–H and O–H groups in total. The van der Waals surface area contributed by atoms with Gasteiger partial charge in [0, 0.05) is 6.04 Å². The summed E-state index contributed by atoms with van der Waals surface area (Å²) in [6, 6.07) is 2.75. The highest BCUT2D eigenvalue weighted by Crippen LogP contribution is 2.33. The van der Waals surface area contributed by atoms with Crippen LogP contribution in [0.3, 0.4) is 0 Å². The Morgan fingerprint density at radius 1 is 1.44 bits per heavy atom. The Bertz CT molecular complexity index is 448. The fourth-order valence-corrected chi connectivity index (χ4v) is 1.83. The van der Waals surface area contributed by atoms with E-state index >= 15 is 0 Å². The second kappa shape index (κ2) is 5.25.